The molecule has 2 rings (SSSR count). The maximum atomic E-state index is 5.70. The normalized spacial score (nSPS) is 18.3. The van der Waals surface area contributed by atoms with Gasteiger partial charge in [0.2, 0.25) is 0 Å². The molecule has 3 nitrogen and oxygen atoms in total. The van der Waals surface area contributed by atoms with Crippen molar-refractivity contribution in [3.05, 3.63) is 17.5 Å². The van der Waals surface area contributed by atoms with Crippen LogP contribution in [-0.4, -0.2) is 9.78 Å². The lowest BCUT2D eigenvalue weighted by atomic mass is 9.98. The topological polar surface area (TPSA) is 43.8 Å². The molecule has 0 bridgehead atoms. The average molecular weight is 179 g/mol. The van der Waals surface area contributed by atoms with Crippen molar-refractivity contribution in [3.8, 4) is 0 Å². The number of nitrogens with zero attached hydrogens (tertiary/aromatic N) is 2. The van der Waals surface area contributed by atoms with Gasteiger partial charge in [0.15, 0.2) is 0 Å². The van der Waals surface area contributed by atoms with E-state index in [1.165, 1.54) is 36.9 Å². The minimum Gasteiger partial charge on any atom is -0.325 e. The van der Waals surface area contributed by atoms with E-state index < -0.39 is 0 Å². The predicted octanol–water partition coefficient (Wildman–Crippen LogP) is 1.54. The molecule has 0 aromatic carbocycles. The Morgan fingerprint density at radius 1 is 1.54 bits per heavy atom. The van der Waals surface area contributed by atoms with Crippen LogP contribution in [0.1, 0.15) is 42.9 Å². The molecular formula is C10H17N3. The second kappa shape index (κ2) is 3.50. The molecule has 1 saturated carbocycles. The molecule has 1 heterocycles. The van der Waals surface area contributed by atoms with E-state index in [9.17, 15) is 0 Å². The first-order chi connectivity index (χ1) is 6.33. The summed E-state index contributed by atoms with van der Waals surface area (Å²) in [7, 11) is 1.97. The fourth-order valence-electron chi connectivity index (χ4n) is 2.31. The third-order valence-electron chi connectivity index (χ3n) is 3.08. The van der Waals surface area contributed by atoms with E-state index in [1.807, 2.05) is 17.9 Å². The van der Waals surface area contributed by atoms with Gasteiger partial charge in [-0.3, -0.25) is 4.68 Å². The summed E-state index contributed by atoms with van der Waals surface area (Å²) in [5.41, 5.74) is 8.31. The highest BCUT2D eigenvalue weighted by atomic mass is 15.3. The van der Waals surface area contributed by atoms with E-state index in [0.717, 1.165) is 5.92 Å². The monoisotopic (exact) mass is 179 g/mol. The Morgan fingerprint density at radius 3 is 2.85 bits per heavy atom. The lowest BCUT2D eigenvalue weighted by Crippen LogP contribution is -2.08. The number of nitrogens with two attached hydrogens (primary N) is 1. The van der Waals surface area contributed by atoms with Gasteiger partial charge in [0.25, 0.3) is 0 Å². The smallest absolute Gasteiger partial charge is 0.0551 e. The minimum absolute atomic E-state index is 0.613. The number of rotatable bonds is 2. The molecule has 0 amide bonds. The molecule has 0 spiro atoms. The maximum Gasteiger partial charge on any atom is 0.0551 e. The van der Waals surface area contributed by atoms with Crippen LogP contribution in [0.15, 0.2) is 6.20 Å². The van der Waals surface area contributed by atoms with E-state index in [0.29, 0.717) is 6.54 Å². The predicted molar refractivity (Wildman–Crippen MR) is 52.3 cm³/mol. The fraction of sp³-hybridized carbons (Fsp3) is 0.700. The highest BCUT2D eigenvalue weighted by Crippen LogP contribution is 2.35. The van der Waals surface area contributed by atoms with Gasteiger partial charge in [-0.25, -0.2) is 0 Å². The molecule has 72 valence electrons. The Hall–Kier alpha value is -0.830. The van der Waals surface area contributed by atoms with E-state index in [-0.39, 0.29) is 0 Å². The van der Waals surface area contributed by atoms with Gasteiger partial charge in [-0.15, -0.1) is 0 Å². The van der Waals surface area contributed by atoms with Crippen molar-refractivity contribution in [1.29, 1.82) is 0 Å². The zero-order valence-electron chi connectivity index (χ0n) is 8.16. The molecule has 3 heteroatoms. The van der Waals surface area contributed by atoms with Crippen LogP contribution in [0, 0.1) is 0 Å². The van der Waals surface area contributed by atoms with Gasteiger partial charge in [-0.05, 0) is 24.3 Å². The first-order valence-electron chi connectivity index (χ1n) is 5.03. The second-order valence-electron chi connectivity index (χ2n) is 3.86. The van der Waals surface area contributed by atoms with E-state index >= 15 is 0 Å². The quantitative estimate of drug-likeness (QED) is 0.748. The van der Waals surface area contributed by atoms with Crippen LogP contribution in [0.5, 0.6) is 0 Å². The Kier molecular flexibility index (Phi) is 2.36. The van der Waals surface area contributed by atoms with Crippen molar-refractivity contribution >= 4 is 0 Å². The fourth-order valence-corrected chi connectivity index (χ4v) is 2.31. The van der Waals surface area contributed by atoms with Gasteiger partial charge in [0.1, 0.15) is 0 Å². The maximum absolute atomic E-state index is 5.70. The van der Waals surface area contributed by atoms with Crippen molar-refractivity contribution < 1.29 is 0 Å². The molecule has 0 atom stereocenters. The summed E-state index contributed by atoms with van der Waals surface area (Å²) >= 11 is 0. The van der Waals surface area contributed by atoms with Gasteiger partial charge in [0, 0.05) is 13.6 Å². The summed E-state index contributed by atoms with van der Waals surface area (Å²) in [6.45, 7) is 0.613. The second-order valence-corrected chi connectivity index (χ2v) is 3.86. The third-order valence-corrected chi connectivity index (χ3v) is 3.08. The van der Waals surface area contributed by atoms with E-state index in [1.54, 1.807) is 0 Å². The van der Waals surface area contributed by atoms with Crippen LogP contribution >= 0.6 is 0 Å². The number of hydrogen-bond donors (Lipinski definition) is 1. The lowest BCUT2D eigenvalue weighted by Gasteiger charge is -2.09. The summed E-state index contributed by atoms with van der Waals surface area (Å²) in [6, 6.07) is 0. The molecule has 13 heavy (non-hydrogen) atoms. The molecule has 1 aliphatic rings. The Morgan fingerprint density at radius 2 is 2.23 bits per heavy atom. The van der Waals surface area contributed by atoms with Crippen LogP contribution in [0.4, 0.5) is 0 Å². The molecule has 0 saturated heterocycles. The average Bonchev–Trinajstić information content (AvgIpc) is 2.71. The number of aromatic nitrogens is 2. The number of hydrogen-bond acceptors (Lipinski definition) is 2. The zero-order chi connectivity index (χ0) is 9.26. The highest BCUT2D eigenvalue weighted by molar-refractivity contribution is 5.23. The summed E-state index contributed by atoms with van der Waals surface area (Å²) in [5, 5.41) is 4.27. The van der Waals surface area contributed by atoms with Crippen LogP contribution < -0.4 is 5.73 Å². The molecule has 1 fully saturated rings. The van der Waals surface area contributed by atoms with Crippen LogP contribution in [0.3, 0.4) is 0 Å². The zero-order valence-corrected chi connectivity index (χ0v) is 8.16. The van der Waals surface area contributed by atoms with Crippen molar-refractivity contribution in [1.82, 2.24) is 9.78 Å². The van der Waals surface area contributed by atoms with Gasteiger partial charge in [-0.2, -0.15) is 5.10 Å². The molecular weight excluding hydrogens is 162 g/mol. The number of aryl methyl sites for hydroxylation is 1. The molecule has 1 aromatic heterocycles. The Balaban J connectivity index is 2.27. The van der Waals surface area contributed by atoms with Crippen molar-refractivity contribution in [3.63, 3.8) is 0 Å². The summed E-state index contributed by atoms with van der Waals surface area (Å²) in [5.74, 6) is 0.729. The van der Waals surface area contributed by atoms with Crippen molar-refractivity contribution in [2.75, 3.05) is 0 Å². The Labute approximate surface area is 78.9 Å². The van der Waals surface area contributed by atoms with Crippen molar-refractivity contribution in [2.45, 2.75) is 38.1 Å². The van der Waals surface area contributed by atoms with E-state index in [4.69, 9.17) is 5.73 Å². The van der Waals surface area contributed by atoms with Gasteiger partial charge >= 0.3 is 0 Å². The highest BCUT2D eigenvalue weighted by Gasteiger charge is 2.21. The molecule has 1 aliphatic carbocycles. The molecule has 0 aliphatic heterocycles. The SMILES string of the molecule is Cn1ncc(C2CCCC2)c1CN. The standard InChI is InChI=1S/C10H17N3/c1-13-10(6-11)9(7-12-13)8-4-2-3-5-8/h7-8H,2-6,11H2,1H3. The molecule has 0 radical (unpaired) electrons. The minimum atomic E-state index is 0.613. The van der Waals surface area contributed by atoms with Gasteiger partial charge in [-0.1, -0.05) is 12.8 Å². The summed E-state index contributed by atoms with van der Waals surface area (Å²) in [6.07, 6.45) is 7.36. The third kappa shape index (κ3) is 1.48. The van der Waals surface area contributed by atoms with Gasteiger partial charge in [0.05, 0.1) is 11.9 Å². The first kappa shape index (κ1) is 8.75. The lowest BCUT2D eigenvalue weighted by molar-refractivity contribution is 0.679. The van der Waals surface area contributed by atoms with Crippen LogP contribution in [0.2, 0.25) is 0 Å². The first-order valence-corrected chi connectivity index (χ1v) is 5.03. The van der Waals surface area contributed by atoms with Crippen molar-refractivity contribution in [2.24, 2.45) is 12.8 Å². The molecule has 2 N–H and O–H groups in total. The summed E-state index contributed by atoms with van der Waals surface area (Å²) in [4.78, 5) is 0. The van der Waals surface area contributed by atoms with E-state index in [2.05, 4.69) is 5.10 Å². The molecule has 0 unspecified atom stereocenters. The van der Waals surface area contributed by atoms with Crippen LogP contribution in [0.25, 0.3) is 0 Å². The van der Waals surface area contributed by atoms with Crippen LogP contribution in [-0.2, 0) is 13.6 Å². The largest absolute Gasteiger partial charge is 0.325 e. The Bertz CT molecular complexity index is 284. The summed E-state index contributed by atoms with van der Waals surface area (Å²) < 4.78 is 1.91. The van der Waals surface area contributed by atoms with Gasteiger partial charge < -0.3 is 5.73 Å². The molecule has 1 aromatic rings.